The highest BCUT2D eigenvalue weighted by molar-refractivity contribution is 6.59. The number of pyridine rings is 1. The smallest absolute Gasteiger partial charge is 0.423 e. The van der Waals surface area contributed by atoms with Crippen molar-refractivity contribution in [3.63, 3.8) is 0 Å². The van der Waals surface area contributed by atoms with E-state index in [1.54, 1.807) is 25.3 Å². The normalized spacial score (nSPS) is 14.2. The van der Waals surface area contributed by atoms with Crippen LogP contribution in [0.5, 0.6) is 0 Å². The van der Waals surface area contributed by atoms with Crippen molar-refractivity contribution in [2.45, 2.75) is 39.4 Å². The van der Waals surface area contributed by atoms with E-state index in [0.717, 1.165) is 23.2 Å². The molecule has 2 aromatic carbocycles. The van der Waals surface area contributed by atoms with Gasteiger partial charge in [-0.2, -0.15) is 4.57 Å². The number of carbonyl (C=O) groups is 2. The second-order valence-electron chi connectivity index (χ2n) is 11.0. The molecule has 8 nitrogen and oxygen atoms in total. The molecule has 2 heterocycles. The van der Waals surface area contributed by atoms with Crippen molar-refractivity contribution < 1.29 is 24.2 Å². The first kappa shape index (κ1) is 31.5. The zero-order valence-corrected chi connectivity index (χ0v) is 25.1. The van der Waals surface area contributed by atoms with Crippen LogP contribution in [0.2, 0.25) is 0 Å². The second kappa shape index (κ2) is 14.7. The van der Waals surface area contributed by atoms with E-state index in [0.29, 0.717) is 42.7 Å². The molecular weight excluding hydrogens is 538 g/mol. The van der Waals surface area contributed by atoms with Gasteiger partial charge in [0.05, 0.1) is 0 Å². The molecule has 10 heteroatoms. The fraction of sp³-hybridized carbons (Fsp3) is 0.242. The summed E-state index contributed by atoms with van der Waals surface area (Å²) in [7, 11) is 0.513. The van der Waals surface area contributed by atoms with Crippen LogP contribution in [-0.2, 0) is 17.9 Å². The third-order valence-electron chi connectivity index (χ3n) is 7.51. The maximum Gasteiger partial charge on any atom is 0.488 e. The topological polar surface area (TPSA) is 106 Å². The number of nitrogens with zero attached hydrogens (tertiary/aromatic N) is 2. The standard InChI is InChI=1S/C33H38B2N4O4/c1-23(2)32(40)36-15-8-16-37-33(41)29-17-28(19-38(20-29)18-27-10-5-7-12-31(27)35(42)43)25-14-13-24(3)39(21-25)22-26-9-4-6-11-30(26)34/h4-7,9-14,17,19-21,24,42-43H,1,8,15-16,18,22,34H2,2-3H3,(H-,36,37,40,41)/p+1. The van der Waals surface area contributed by atoms with Gasteiger partial charge in [-0.1, -0.05) is 72.7 Å². The predicted octanol–water partition coefficient (Wildman–Crippen LogP) is 0.574. The Bertz CT molecular complexity index is 1550. The Morgan fingerprint density at radius 3 is 2.47 bits per heavy atom. The fourth-order valence-electron chi connectivity index (χ4n) is 4.92. The SMILES string of the molecule is Bc1ccccc1CN1C=C(c2cc(C(=O)NCCCNC(=O)C(=C)C)c[n+](Cc3ccccc3B(O)O)c2)C=CC1C. The van der Waals surface area contributed by atoms with Crippen molar-refractivity contribution in [2.75, 3.05) is 13.1 Å². The molecule has 1 atom stereocenters. The van der Waals surface area contributed by atoms with Crippen molar-refractivity contribution in [1.29, 1.82) is 0 Å². The molecule has 3 aromatic rings. The molecule has 0 aliphatic carbocycles. The molecule has 0 spiro atoms. The first-order valence-corrected chi connectivity index (χ1v) is 14.5. The highest BCUT2D eigenvalue weighted by Crippen LogP contribution is 2.24. The number of carbonyl (C=O) groups excluding carboxylic acids is 2. The monoisotopic (exact) mass is 577 g/mol. The summed E-state index contributed by atoms with van der Waals surface area (Å²) < 4.78 is 1.90. The van der Waals surface area contributed by atoms with E-state index in [9.17, 15) is 19.6 Å². The number of amides is 2. The van der Waals surface area contributed by atoms with Crippen LogP contribution in [0.1, 0.15) is 47.3 Å². The van der Waals surface area contributed by atoms with Crippen molar-refractivity contribution in [3.05, 3.63) is 120 Å². The summed E-state index contributed by atoms with van der Waals surface area (Å²) in [6.45, 7) is 9.36. The van der Waals surface area contributed by atoms with Crippen LogP contribution in [0.25, 0.3) is 5.57 Å². The maximum atomic E-state index is 13.3. The van der Waals surface area contributed by atoms with Crippen LogP contribution in [0.15, 0.2) is 97.5 Å². The molecule has 220 valence electrons. The largest absolute Gasteiger partial charge is 0.488 e. The molecule has 0 bridgehead atoms. The van der Waals surface area contributed by atoms with Gasteiger partial charge in [-0.15, -0.1) is 0 Å². The summed E-state index contributed by atoms with van der Waals surface area (Å²) in [6.07, 6.45) is 10.7. The summed E-state index contributed by atoms with van der Waals surface area (Å²) in [5.41, 5.74) is 6.39. The van der Waals surface area contributed by atoms with Crippen LogP contribution < -0.4 is 26.1 Å². The average molecular weight is 577 g/mol. The van der Waals surface area contributed by atoms with E-state index in [1.165, 1.54) is 11.0 Å². The van der Waals surface area contributed by atoms with E-state index in [4.69, 9.17) is 0 Å². The zero-order chi connectivity index (χ0) is 30.9. The van der Waals surface area contributed by atoms with Crippen LogP contribution >= 0.6 is 0 Å². The Morgan fingerprint density at radius 2 is 1.74 bits per heavy atom. The number of allylic oxidation sites excluding steroid dienone is 2. The molecule has 43 heavy (non-hydrogen) atoms. The number of hydrogen-bond donors (Lipinski definition) is 4. The third kappa shape index (κ3) is 8.56. The molecule has 0 saturated heterocycles. The van der Waals surface area contributed by atoms with E-state index < -0.39 is 7.12 Å². The van der Waals surface area contributed by atoms with Crippen molar-refractivity contribution in [3.8, 4) is 0 Å². The lowest BCUT2D eigenvalue weighted by molar-refractivity contribution is -0.688. The summed E-state index contributed by atoms with van der Waals surface area (Å²) >= 11 is 0. The minimum absolute atomic E-state index is 0.199. The van der Waals surface area contributed by atoms with Gasteiger partial charge in [0.15, 0.2) is 18.9 Å². The number of nitrogens with one attached hydrogen (secondary N) is 2. The summed E-state index contributed by atoms with van der Waals surface area (Å²) in [5, 5.41) is 25.5. The van der Waals surface area contributed by atoms with Crippen LogP contribution in [0, 0.1) is 0 Å². The Hall–Kier alpha value is -4.40. The van der Waals surface area contributed by atoms with Gasteiger partial charge < -0.3 is 25.6 Å². The number of rotatable bonds is 12. The second-order valence-corrected chi connectivity index (χ2v) is 11.0. The van der Waals surface area contributed by atoms with Crippen LogP contribution in [0.3, 0.4) is 0 Å². The van der Waals surface area contributed by atoms with E-state index in [1.807, 2.05) is 35.0 Å². The Labute approximate surface area is 255 Å². The average Bonchev–Trinajstić information content (AvgIpc) is 2.99. The molecular formula is C33H39B2N4O4+. The Balaban J connectivity index is 1.61. The quantitative estimate of drug-likeness (QED) is 0.109. The highest BCUT2D eigenvalue weighted by atomic mass is 16.4. The van der Waals surface area contributed by atoms with Gasteiger partial charge in [0, 0.05) is 54.1 Å². The van der Waals surface area contributed by atoms with Crippen LogP contribution in [0.4, 0.5) is 0 Å². The lowest BCUT2D eigenvalue weighted by atomic mass is 9.77. The summed E-state index contributed by atoms with van der Waals surface area (Å²) in [5.74, 6) is -0.434. The first-order valence-electron chi connectivity index (χ1n) is 14.5. The highest BCUT2D eigenvalue weighted by Gasteiger charge is 2.22. The third-order valence-corrected chi connectivity index (χ3v) is 7.51. The zero-order valence-electron chi connectivity index (χ0n) is 25.1. The van der Waals surface area contributed by atoms with E-state index in [-0.39, 0.29) is 17.9 Å². The molecule has 0 radical (unpaired) electrons. The molecule has 1 aliphatic heterocycles. The van der Waals surface area contributed by atoms with Crippen molar-refractivity contribution in [1.82, 2.24) is 15.5 Å². The van der Waals surface area contributed by atoms with E-state index in [2.05, 4.69) is 73.4 Å². The Morgan fingerprint density at radius 1 is 1.05 bits per heavy atom. The molecule has 1 unspecified atom stereocenters. The van der Waals surface area contributed by atoms with Gasteiger partial charge in [-0.3, -0.25) is 9.59 Å². The molecule has 2 amide bonds. The first-order chi connectivity index (χ1) is 20.6. The molecule has 0 fully saturated rings. The summed E-state index contributed by atoms with van der Waals surface area (Å²) in [4.78, 5) is 27.3. The summed E-state index contributed by atoms with van der Waals surface area (Å²) in [6, 6.07) is 17.6. The lowest BCUT2D eigenvalue weighted by Gasteiger charge is -2.30. The van der Waals surface area contributed by atoms with E-state index >= 15 is 0 Å². The van der Waals surface area contributed by atoms with Gasteiger partial charge in [0.1, 0.15) is 13.4 Å². The van der Waals surface area contributed by atoms with Gasteiger partial charge in [0.2, 0.25) is 5.91 Å². The number of hydrogen-bond acceptors (Lipinski definition) is 5. The van der Waals surface area contributed by atoms with Crippen LogP contribution in [-0.4, -0.2) is 60.9 Å². The molecule has 0 saturated carbocycles. The van der Waals surface area contributed by atoms with Gasteiger partial charge in [-0.05, 0) is 37.4 Å². The maximum absolute atomic E-state index is 13.3. The van der Waals surface area contributed by atoms with Gasteiger partial charge >= 0.3 is 7.12 Å². The minimum Gasteiger partial charge on any atom is -0.423 e. The predicted molar refractivity (Wildman–Crippen MR) is 174 cm³/mol. The van der Waals surface area contributed by atoms with Crippen molar-refractivity contribution >= 4 is 43.3 Å². The molecule has 4 rings (SSSR count). The molecule has 4 N–H and O–H groups in total. The fourth-order valence-corrected chi connectivity index (χ4v) is 4.92. The number of aromatic nitrogens is 1. The lowest BCUT2D eigenvalue weighted by Crippen LogP contribution is -2.42. The molecule has 1 aromatic heterocycles. The van der Waals surface area contributed by atoms with Gasteiger partial charge in [-0.25, -0.2) is 0 Å². The Kier molecular flexibility index (Phi) is 10.8. The number of benzene rings is 2. The van der Waals surface area contributed by atoms with Crippen molar-refractivity contribution in [2.24, 2.45) is 0 Å². The minimum atomic E-state index is -1.60. The molecule has 1 aliphatic rings. The van der Waals surface area contributed by atoms with Gasteiger partial charge in [0.25, 0.3) is 5.91 Å².